The van der Waals surface area contributed by atoms with Crippen molar-refractivity contribution in [2.45, 2.75) is 108 Å². The van der Waals surface area contributed by atoms with Gasteiger partial charge in [-0.3, -0.25) is 19.2 Å². The smallest absolute Gasteiger partial charge is 0.243 e. The van der Waals surface area contributed by atoms with Gasteiger partial charge in [0.05, 0.1) is 25.9 Å². The van der Waals surface area contributed by atoms with Gasteiger partial charge in [0.2, 0.25) is 17.7 Å². The van der Waals surface area contributed by atoms with Gasteiger partial charge in [-0.1, -0.05) is 23.8 Å². The van der Waals surface area contributed by atoms with Crippen LogP contribution in [0.25, 0.3) is 0 Å². The Morgan fingerprint density at radius 3 is 2.24 bits per heavy atom. The van der Waals surface area contributed by atoms with Gasteiger partial charge < -0.3 is 30.5 Å². The van der Waals surface area contributed by atoms with Gasteiger partial charge in [0.25, 0.3) is 0 Å². The van der Waals surface area contributed by atoms with Crippen molar-refractivity contribution in [1.29, 1.82) is 0 Å². The van der Waals surface area contributed by atoms with Crippen molar-refractivity contribution in [3.05, 3.63) is 41.5 Å². The van der Waals surface area contributed by atoms with Crippen LogP contribution in [0.15, 0.2) is 35.9 Å². The van der Waals surface area contributed by atoms with Crippen LogP contribution in [0.5, 0.6) is 5.75 Å². The fourth-order valence-corrected chi connectivity index (χ4v) is 5.69. The number of Topliss-reactive ketones (excluding diaryl/α,β-unsaturated/α-hetero) is 1. The van der Waals surface area contributed by atoms with Crippen molar-refractivity contribution in [3.8, 4) is 5.75 Å². The summed E-state index contributed by atoms with van der Waals surface area (Å²) in [5.41, 5.74) is 1.03. The SMILES string of the molecule is COc1ccc(C[C@H](NC(=O)[C@@H](C)NC(=O)[C@H]2CC[C@H](O)CC2)C(=O)N[C@@H](CC2=CCCCC2)C(=O)[C@@]2(C)CO2)cc1. The highest BCUT2D eigenvalue weighted by molar-refractivity contribution is 5.98. The van der Waals surface area contributed by atoms with Gasteiger partial charge in [0.1, 0.15) is 23.4 Å². The molecule has 42 heavy (non-hydrogen) atoms. The number of aliphatic hydroxyl groups excluding tert-OH is 1. The van der Waals surface area contributed by atoms with Gasteiger partial charge in [-0.05, 0) is 89.3 Å². The van der Waals surface area contributed by atoms with Gasteiger partial charge in [-0.2, -0.15) is 0 Å². The van der Waals surface area contributed by atoms with Crippen LogP contribution in [0.1, 0.15) is 77.2 Å². The molecule has 0 aromatic heterocycles. The summed E-state index contributed by atoms with van der Waals surface area (Å²) in [4.78, 5) is 53.2. The molecule has 0 unspecified atom stereocenters. The summed E-state index contributed by atoms with van der Waals surface area (Å²) >= 11 is 0. The normalized spacial score (nSPS) is 25.7. The van der Waals surface area contributed by atoms with Crippen molar-refractivity contribution < 1.29 is 33.8 Å². The third kappa shape index (κ3) is 8.64. The van der Waals surface area contributed by atoms with Crippen molar-refractivity contribution in [1.82, 2.24) is 16.0 Å². The number of epoxide rings is 1. The topological polar surface area (TPSA) is 146 Å². The molecule has 230 valence electrons. The number of carbonyl (C=O) groups excluding carboxylic acids is 4. The van der Waals surface area contributed by atoms with Crippen LogP contribution < -0.4 is 20.7 Å². The monoisotopic (exact) mass is 583 g/mol. The first-order valence-electron chi connectivity index (χ1n) is 15.2. The summed E-state index contributed by atoms with van der Waals surface area (Å²) in [6.07, 6.45) is 8.63. The Labute approximate surface area is 248 Å². The number of methoxy groups -OCH3 is 1. The average molecular weight is 584 g/mol. The lowest BCUT2D eigenvalue weighted by Gasteiger charge is -2.27. The highest BCUT2D eigenvalue weighted by Crippen LogP contribution is 2.31. The van der Waals surface area contributed by atoms with Crippen LogP contribution in [-0.2, 0) is 30.3 Å². The Morgan fingerprint density at radius 2 is 1.64 bits per heavy atom. The number of ether oxygens (including phenoxy) is 2. The van der Waals surface area contributed by atoms with E-state index in [0.29, 0.717) is 44.5 Å². The number of hydrogen-bond acceptors (Lipinski definition) is 7. The second kappa shape index (κ2) is 14.3. The van der Waals surface area contributed by atoms with Crippen LogP contribution in [-0.4, -0.2) is 72.2 Å². The molecule has 0 radical (unpaired) electrons. The molecule has 1 saturated carbocycles. The van der Waals surface area contributed by atoms with Crippen molar-refractivity contribution in [2.75, 3.05) is 13.7 Å². The molecule has 0 spiro atoms. The second-order valence-electron chi connectivity index (χ2n) is 12.1. The van der Waals surface area contributed by atoms with Crippen LogP contribution in [0.2, 0.25) is 0 Å². The Hall–Kier alpha value is -3.24. The highest BCUT2D eigenvalue weighted by Gasteiger charge is 2.50. The zero-order valence-corrected chi connectivity index (χ0v) is 24.9. The largest absolute Gasteiger partial charge is 0.497 e. The summed E-state index contributed by atoms with van der Waals surface area (Å²) in [5, 5.41) is 18.3. The lowest BCUT2D eigenvalue weighted by atomic mass is 9.87. The van der Waals surface area contributed by atoms with Crippen LogP contribution in [0.3, 0.4) is 0 Å². The van der Waals surface area contributed by atoms with Crippen LogP contribution >= 0.6 is 0 Å². The number of aliphatic hydroxyl groups is 1. The Morgan fingerprint density at radius 1 is 0.976 bits per heavy atom. The predicted octanol–water partition coefficient (Wildman–Crippen LogP) is 2.51. The van der Waals surface area contributed by atoms with E-state index in [1.54, 1.807) is 33.1 Å². The number of amides is 3. The minimum absolute atomic E-state index is 0.171. The van der Waals surface area contributed by atoms with Gasteiger partial charge >= 0.3 is 0 Å². The highest BCUT2D eigenvalue weighted by atomic mass is 16.6. The maximum absolute atomic E-state index is 13.8. The number of carbonyl (C=O) groups is 4. The van der Waals surface area contributed by atoms with E-state index in [0.717, 1.165) is 36.8 Å². The summed E-state index contributed by atoms with van der Waals surface area (Å²) in [7, 11) is 1.57. The lowest BCUT2D eigenvalue weighted by molar-refractivity contribution is -0.134. The summed E-state index contributed by atoms with van der Waals surface area (Å²) in [6, 6.07) is 4.57. The molecular formula is C32H45N3O7. The molecule has 1 aromatic rings. The Balaban J connectivity index is 1.47. The van der Waals surface area contributed by atoms with E-state index >= 15 is 0 Å². The molecule has 2 fully saturated rings. The van der Waals surface area contributed by atoms with Crippen molar-refractivity contribution in [2.24, 2.45) is 5.92 Å². The molecule has 1 saturated heterocycles. The average Bonchev–Trinajstić information content (AvgIpc) is 3.75. The van der Waals surface area contributed by atoms with E-state index in [2.05, 4.69) is 22.0 Å². The maximum Gasteiger partial charge on any atom is 0.243 e. The molecule has 1 aromatic carbocycles. The summed E-state index contributed by atoms with van der Waals surface area (Å²) in [5.74, 6) is -0.963. The number of hydrogen-bond donors (Lipinski definition) is 4. The number of ketones is 1. The molecule has 10 heteroatoms. The van der Waals surface area contributed by atoms with E-state index in [1.807, 2.05) is 12.1 Å². The Bertz CT molecular complexity index is 1150. The fourth-order valence-electron chi connectivity index (χ4n) is 5.69. The first kappa shape index (κ1) is 31.7. The second-order valence-corrected chi connectivity index (χ2v) is 12.1. The molecule has 1 aliphatic heterocycles. The van der Waals surface area contributed by atoms with Gasteiger partial charge in [0, 0.05) is 12.3 Å². The van der Waals surface area contributed by atoms with E-state index in [9.17, 15) is 24.3 Å². The number of benzene rings is 1. The molecule has 2 aliphatic carbocycles. The molecule has 4 atom stereocenters. The standard InChI is InChI=1S/C32H45N3O7/c1-20(33-30(39)23-11-13-24(36)14-12-23)29(38)35-27(18-22-9-15-25(41-3)16-10-22)31(40)34-26(28(37)32(2)19-42-32)17-21-7-5-4-6-8-21/h7,9-10,15-16,20,23-24,26-27,36H,4-6,8,11-14,17-19H2,1-3H3,(H,33,39)(H,34,40)(H,35,38)/t20-,23-,24-,26+,27+,32-/m1/s1. The first-order valence-corrected chi connectivity index (χ1v) is 15.2. The molecule has 10 nitrogen and oxygen atoms in total. The first-order chi connectivity index (χ1) is 20.1. The minimum atomic E-state index is -0.987. The van der Waals surface area contributed by atoms with Gasteiger partial charge in [0.15, 0.2) is 5.78 Å². The molecule has 4 N–H and O–H groups in total. The molecule has 1 heterocycles. The van der Waals surface area contributed by atoms with Gasteiger partial charge in [-0.25, -0.2) is 0 Å². The molecular weight excluding hydrogens is 538 g/mol. The minimum Gasteiger partial charge on any atom is -0.497 e. The van der Waals surface area contributed by atoms with E-state index in [1.165, 1.54) is 0 Å². The van der Waals surface area contributed by atoms with Crippen LogP contribution in [0.4, 0.5) is 0 Å². The number of allylic oxidation sites excluding steroid dienone is 1. The van der Waals surface area contributed by atoms with Crippen molar-refractivity contribution in [3.63, 3.8) is 0 Å². The summed E-state index contributed by atoms with van der Waals surface area (Å²) < 4.78 is 10.7. The van der Waals surface area contributed by atoms with E-state index in [-0.39, 0.29) is 30.1 Å². The third-order valence-electron chi connectivity index (χ3n) is 8.63. The Kier molecular flexibility index (Phi) is 10.8. The summed E-state index contributed by atoms with van der Waals surface area (Å²) in [6.45, 7) is 3.64. The maximum atomic E-state index is 13.8. The molecule has 4 rings (SSSR count). The van der Waals surface area contributed by atoms with E-state index < -0.39 is 35.5 Å². The molecule has 3 aliphatic rings. The van der Waals surface area contributed by atoms with Crippen molar-refractivity contribution >= 4 is 23.5 Å². The molecule has 3 amide bonds. The predicted molar refractivity (Wildman–Crippen MR) is 157 cm³/mol. The number of nitrogens with one attached hydrogen (secondary N) is 3. The lowest BCUT2D eigenvalue weighted by Crippen LogP contribution is -2.57. The zero-order chi connectivity index (χ0) is 30.3. The quantitative estimate of drug-likeness (QED) is 0.206. The van der Waals surface area contributed by atoms with Gasteiger partial charge in [-0.15, -0.1) is 0 Å². The molecule has 0 bridgehead atoms. The fraction of sp³-hybridized carbons (Fsp3) is 0.625. The van der Waals surface area contributed by atoms with E-state index in [4.69, 9.17) is 9.47 Å². The number of rotatable bonds is 13. The third-order valence-corrected chi connectivity index (χ3v) is 8.63. The van der Waals surface area contributed by atoms with Crippen LogP contribution in [0, 0.1) is 5.92 Å². The zero-order valence-electron chi connectivity index (χ0n) is 24.9.